The smallest absolute Gasteiger partial charge is 0.136 e. The van der Waals surface area contributed by atoms with Gasteiger partial charge in [-0.05, 0) is 30.2 Å². The molecule has 0 aromatic heterocycles. The Morgan fingerprint density at radius 1 is 1.46 bits per heavy atom. The van der Waals surface area contributed by atoms with E-state index in [2.05, 4.69) is 15.9 Å². The minimum Gasteiger partial charge on any atom is -0.380 e. The molecule has 0 amide bonds. The zero-order valence-corrected chi connectivity index (χ0v) is 8.97. The van der Waals surface area contributed by atoms with E-state index in [-0.39, 0.29) is 0 Å². The topological polar surface area (TPSA) is 29.5 Å². The summed E-state index contributed by atoms with van der Waals surface area (Å²) in [4.78, 5) is 0. The summed E-state index contributed by atoms with van der Waals surface area (Å²) in [5, 5.41) is 10.0. The van der Waals surface area contributed by atoms with Gasteiger partial charge in [0, 0.05) is 4.47 Å². The molecule has 1 heterocycles. The van der Waals surface area contributed by atoms with Crippen LogP contribution in [0, 0.1) is 6.92 Å². The van der Waals surface area contributed by atoms with Gasteiger partial charge in [0.2, 0.25) is 0 Å². The SMILES string of the molecule is Cc1ccc(Br)cc1C1(O)COC1. The van der Waals surface area contributed by atoms with Crippen molar-refractivity contribution in [2.45, 2.75) is 12.5 Å². The lowest BCUT2D eigenvalue weighted by molar-refractivity contribution is -0.184. The van der Waals surface area contributed by atoms with Crippen molar-refractivity contribution >= 4 is 15.9 Å². The van der Waals surface area contributed by atoms with E-state index < -0.39 is 5.60 Å². The Kier molecular flexibility index (Phi) is 2.18. The number of aryl methyl sites for hydroxylation is 1. The quantitative estimate of drug-likeness (QED) is 0.817. The maximum Gasteiger partial charge on any atom is 0.136 e. The van der Waals surface area contributed by atoms with Crippen molar-refractivity contribution in [2.24, 2.45) is 0 Å². The highest BCUT2D eigenvalue weighted by Crippen LogP contribution is 2.33. The molecule has 1 aliphatic heterocycles. The minimum atomic E-state index is -0.756. The van der Waals surface area contributed by atoms with Gasteiger partial charge in [-0.15, -0.1) is 0 Å². The molecule has 0 saturated carbocycles. The average Bonchev–Trinajstić information content (AvgIpc) is 2.05. The van der Waals surface area contributed by atoms with E-state index in [9.17, 15) is 5.11 Å². The van der Waals surface area contributed by atoms with Crippen molar-refractivity contribution in [3.8, 4) is 0 Å². The number of rotatable bonds is 1. The monoisotopic (exact) mass is 242 g/mol. The Bertz CT molecular complexity index is 332. The zero-order chi connectivity index (χ0) is 9.47. The highest BCUT2D eigenvalue weighted by Gasteiger charge is 2.38. The number of ether oxygens (including phenoxy) is 1. The van der Waals surface area contributed by atoms with Crippen LogP contribution in [0.3, 0.4) is 0 Å². The Hall–Kier alpha value is -0.380. The van der Waals surface area contributed by atoms with Gasteiger partial charge in [-0.2, -0.15) is 0 Å². The van der Waals surface area contributed by atoms with Gasteiger partial charge in [0.1, 0.15) is 5.60 Å². The van der Waals surface area contributed by atoms with Crippen LogP contribution in [0.5, 0.6) is 0 Å². The lowest BCUT2D eigenvalue weighted by Crippen LogP contribution is -2.47. The lowest BCUT2D eigenvalue weighted by Gasteiger charge is -2.37. The highest BCUT2D eigenvalue weighted by atomic mass is 79.9. The second-order valence-electron chi connectivity index (χ2n) is 3.48. The standard InChI is InChI=1S/C10H11BrO2/c1-7-2-3-8(11)4-9(7)10(12)5-13-6-10/h2-4,12H,5-6H2,1H3. The van der Waals surface area contributed by atoms with Gasteiger partial charge in [-0.25, -0.2) is 0 Å². The Morgan fingerprint density at radius 3 is 2.69 bits per heavy atom. The number of hydrogen-bond donors (Lipinski definition) is 1. The molecule has 1 saturated heterocycles. The van der Waals surface area contributed by atoms with Crippen LogP contribution in [0.25, 0.3) is 0 Å². The van der Waals surface area contributed by atoms with Gasteiger partial charge in [-0.3, -0.25) is 0 Å². The number of benzene rings is 1. The molecule has 0 unspecified atom stereocenters. The van der Waals surface area contributed by atoms with Crippen molar-refractivity contribution < 1.29 is 9.84 Å². The third-order valence-corrected chi connectivity index (χ3v) is 2.88. The normalized spacial score (nSPS) is 19.6. The van der Waals surface area contributed by atoms with Crippen LogP contribution >= 0.6 is 15.9 Å². The van der Waals surface area contributed by atoms with Gasteiger partial charge >= 0.3 is 0 Å². The van der Waals surface area contributed by atoms with E-state index in [0.717, 1.165) is 15.6 Å². The first kappa shape index (κ1) is 9.19. The van der Waals surface area contributed by atoms with E-state index in [0.29, 0.717) is 13.2 Å². The second-order valence-corrected chi connectivity index (χ2v) is 4.40. The van der Waals surface area contributed by atoms with Crippen molar-refractivity contribution in [1.82, 2.24) is 0 Å². The fraction of sp³-hybridized carbons (Fsp3) is 0.400. The van der Waals surface area contributed by atoms with Crippen LogP contribution in [-0.4, -0.2) is 18.3 Å². The van der Waals surface area contributed by atoms with Crippen LogP contribution in [0.2, 0.25) is 0 Å². The summed E-state index contributed by atoms with van der Waals surface area (Å²) < 4.78 is 6.02. The molecule has 1 aromatic carbocycles. The maximum absolute atomic E-state index is 10.0. The third kappa shape index (κ3) is 1.52. The summed E-state index contributed by atoms with van der Waals surface area (Å²) in [6.07, 6.45) is 0. The molecule has 2 rings (SSSR count). The van der Waals surface area contributed by atoms with Gasteiger partial charge in [0.05, 0.1) is 13.2 Å². The molecule has 3 heteroatoms. The third-order valence-electron chi connectivity index (χ3n) is 2.38. The molecule has 1 N–H and O–H groups in total. The molecule has 2 nitrogen and oxygen atoms in total. The summed E-state index contributed by atoms with van der Waals surface area (Å²) in [5.41, 5.74) is 1.32. The van der Waals surface area contributed by atoms with E-state index in [1.54, 1.807) is 0 Å². The zero-order valence-electron chi connectivity index (χ0n) is 7.38. The number of halogens is 1. The molecule has 0 aliphatic carbocycles. The van der Waals surface area contributed by atoms with Crippen LogP contribution in [-0.2, 0) is 10.3 Å². The largest absolute Gasteiger partial charge is 0.380 e. The highest BCUT2D eigenvalue weighted by molar-refractivity contribution is 9.10. The maximum atomic E-state index is 10.0. The van der Waals surface area contributed by atoms with Crippen LogP contribution < -0.4 is 0 Å². The summed E-state index contributed by atoms with van der Waals surface area (Å²) >= 11 is 3.39. The van der Waals surface area contributed by atoms with Gasteiger partial charge < -0.3 is 9.84 Å². The molecule has 0 radical (unpaired) electrons. The lowest BCUT2D eigenvalue weighted by atomic mass is 9.89. The summed E-state index contributed by atoms with van der Waals surface area (Å²) in [6.45, 7) is 2.81. The van der Waals surface area contributed by atoms with Crippen molar-refractivity contribution in [2.75, 3.05) is 13.2 Å². The first-order chi connectivity index (χ1) is 6.12. The molecule has 70 valence electrons. The van der Waals surface area contributed by atoms with Gasteiger partial charge in [0.25, 0.3) is 0 Å². The van der Waals surface area contributed by atoms with E-state index >= 15 is 0 Å². The molecular formula is C10H11BrO2. The van der Waals surface area contributed by atoms with Crippen LogP contribution in [0.1, 0.15) is 11.1 Å². The van der Waals surface area contributed by atoms with Crippen LogP contribution in [0.15, 0.2) is 22.7 Å². The molecule has 0 spiro atoms. The summed E-state index contributed by atoms with van der Waals surface area (Å²) in [6, 6.07) is 5.93. The fourth-order valence-corrected chi connectivity index (χ4v) is 1.91. The van der Waals surface area contributed by atoms with Crippen LogP contribution in [0.4, 0.5) is 0 Å². The molecule has 1 fully saturated rings. The van der Waals surface area contributed by atoms with Crippen molar-refractivity contribution in [3.05, 3.63) is 33.8 Å². The Balaban J connectivity index is 2.43. The molecule has 0 bridgehead atoms. The van der Waals surface area contributed by atoms with E-state index in [1.807, 2.05) is 25.1 Å². The van der Waals surface area contributed by atoms with Gasteiger partial charge in [0.15, 0.2) is 0 Å². The molecule has 1 aromatic rings. The first-order valence-electron chi connectivity index (χ1n) is 4.19. The Morgan fingerprint density at radius 2 is 2.15 bits per heavy atom. The Labute approximate surface area is 85.7 Å². The van der Waals surface area contributed by atoms with E-state index in [4.69, 9.17) is 4.74 Å². The predicted molar refractivity (Wildman–Crippen MR) is 53.6 cm³/mol. The molecular weight excluding hydrogens is 232 g/mol. The average molecular weight is 243 g/mol. The van der Waals surface area contributed by atoms with Crippen molar-refractivity contribution in [1.29, 1.82) is 0 Å². The van der Waals surface area contributed by atoms with Gasteiger partial charge in [-0.1, -0.05) is 22.0 Å². The number of aliphatic hydroxyl groups is 1. The minimum absolute atomic E-state index is 0.407. The summed E-state index contributed by atoms with van der Waals surface area (Å²) in [5.74, 6) is 0. The molecule has 0 atom stereocenters. The fourth-order valence-electron chi connectivity index (χ4n) is 1.55. The molecule has 13 heavy (non-hydrogen) atoms. The second kappa shape index (κ2) is 3.08. The van der Waals surface area contributed by atoms with Crippen molar-refractivity contribution in [3.63, 3.8) is 0 Å². The predicted octanol–water partition coefficient (Wildman–Crippen LogP) is 1.98. The summed E-state index contributed by atoms with van der Waals surface area (Å²) in [7, 11) is 0. The van der Waals surface area contributed by atoms with E-state index in [1.165, 1.54) is 0 Å². The number of hydrogen-bond acceptors (Lipinski definition) is 2. The first-order valence-corrected chi connectivity index (χ1v) is 4.98. The molecule has 1 aliphatic rings.